The lowest BCUT2D eigenvalue weighted by molar-refractivity contribution is -0.00196. The lowest BCUT2D eigenvalue weighted by Gasteiger charge is -2.38. The first-order valence-corrected chi connectivity index (χ1v) is 13.5. The molecule has 0 radical (unpaired) electrons. The summed E-state index contributed by atoms with van der Waals surface area (Å²) in [7, 11) is 3.41. The van der Waals surface area contributed by atoms with E-state index in [2.05, 4.69) is 55.1 Å². The molecule has 2 aromatic carbocycles. The van der Waals surface area contributed by atoms with Crippen molar-refractivity contribution in [2.45, 2.75) is 50.0 Å². The van der Waals surface area contributed by atoms with E-state index in [1.54, 1.807) is 14.2 Å². The van der Waals surface area contributed by atoms with E-state index < -0.39 is 6.10 Å². The van der Waals surface area contributed by atoms with Crippen LogP contribution in [-0.2, 0) is 16.1 Å². The van der Waals surface area contributed by atoms with Gasteiger partial charge in [-0.05, 0) is 65.1 Å². The van der Waals surface area contributed by atoms with Gasteiger partial charge in [0.25, 0.3) is 0 Å². The Balaban J connectivity index is 1.27. The Labute approximate surface area is 228 Å². The molecule has 1 saturated heterocycles. The fourth-order valence-corrected chi connectivity index (χ4v) is 5.46. The number of tetrazole rings is 1. The second kappa shape index (κ2) is 13.2. The standard InChI is InChI=1S/C28H38N6O5/c1-36-12-3-10-34-11-13-38-26-9-4-19(14-24(26)34)18-39-27-17-29-21(16-25(35)28-30-32-33-31-28)15-23(27)20-5-7-22(37-2)8-6-20/h4-9,14,21,23,25,27,29,35H,3,10-13,15-18H2,1-2H3,(H,30,31,32,33)/t21-,23-,25?,27+/m1/s1. The molecule has 3 N–H and O–H groups in total. The summed E-state index contributed by atoms with van der Waals surface area (Å²) in [6.45, 7) is 4.39. The molecular weight excluding hydrogens is 500 g/mol. The van der Waals surface area contributed by atoms with Crippen molar-refractivity contribution >= 4 is 5.69 Å². The fourth-order valence-electron chi connectivity index (χ4n) is 5.46. The summed E-state index contributed by atoms with van der Waals surface area (Å²) >= 11 is 0. The van der Waals surface area contributed by atoms with Crippen molar-refractivity contribution in [3.63, 3.8) is 0 Å². The molecule has 1 aromatic heterocycles. The van der Waals surface area contributed by atoms with Gasteiger partial charge in [-0.2, -0.15) is 0 Å². The van der Waals surface area contributed by atoms with E-state index in [4.69, 9.17) is 18.9 Å². The van der Waals surface area contributed by atoms with Crippen LogP contribution in [0, 0.1) is 0 Å². The zero-order chi connectivity index (χ0) is 27.0. The van der Waals surface area contributed by atoms with Crippen LogP contribution in [0.4, 0.5) is 5.69 Å². The molecule has 2 aliphatic rings. The molecule has 3 heterocycles. The summed E-state index contributed by atoms with van der Waals surface area (Å²) in [6.07, 6.45) is 1.47. The molecule has 1 fully saturated rings. The van der Waals surface area contributed by atoms with Gasteiger partial charge in [0.1, 0.15) is 24.2 Å². The second-order valence-corrected chi connectivity index (χ2v) is 10.1. The number of nitrogens with one attached hydrogen (secondary N) is 2. The number of aromatic nitrogens is 4. The topological polar surface area (TPSA) is 127 Å². The van der Waals surface area contributed by atoms with Gasteiger partial charge in [-0.25, -0.2) is 5.10 Å². The van der Waals surface area contributed by atoms with E-state index in [0.717, 1.165) is 55.3 Å². The summed E-state index contributed by atoms with van der Waals surface area (Å²) in [5, 5.41) is 27.9. The number of ether oxygens (including phenoxy) is 4. The van der Waals surface area contributed by atoms with Gasteiger partial charge < -0.3 is 34.3 Å². The third kappa shape index (κ3) is 6.85. The van der Waals surface area contributed by atoms with E-state index in [9.17, 15) is 5.11 Å². The Kier molecular flexibility index (Phi) is 9.25. The Hall–Kier alpha value is -3.25. The molecule has 3 aromatic rings. The van der Waals surface area contributed by atoms with Crippen LogP contribution in [0.15, 0.2) is 42.5 Å². The fraction of sp³-hybridized carbons (Fsp3) is 0.536. The molecular formula is C28H38N6O5. The first-order chi connectivity index (χ1) is 19.1. The first kappa shape index (κ1) is 27.3. The number of hydrogen-bond acceptors (Lipinski definition) is 10. The number of nitrogens with zero attached hydrogens (tertiary/aromatic N) is 4. The van der Waals surface area contributed by atoms with Gasteiger partial charge in [0.05, 0.1) is 32.1 Å². The highest BCUT2D eigenvalue weighted by molar-refractivity contribution is 5.61. The summed E-state index contributed by atoms with van der Waals surface area (Å²) < 4.78 is 23.1. The minimum Gasteiger partial charge on any atom is -0.497 e. The van der Waals surface area contributed by atoms with E-state index >= 15 is 0 Å². The zero-order valence-corrected chi connectivity index (χ0v) is 22.6. The van der Waals surface area contributed by atoms with E-state index in [-0.39, 0.29) is 18.1 Å². The number of aliphatic hydroxyl groups is 1. The number of aromatic amines is 1. The summed E-state index contributed by atoms with van der Waals surface area (Å²) in [5.41, 5.74) is 3.41. The number of anilines is 1. The number of piperidine rings is 1. The van der Waals surface area contributed by atoms with Gasteiger partial charge in [0, 0.05) is 38.8 Å². The summed E-state index contributed by atoms with van der Waals surface area (Å²) in [5.74, 6) is 2.26. The Morgan fingerprint density at radius 3 is 2.82 bits per heavy atom. The lowest BCUT2D eigenvalue weighted by Crippen LogP contribution is -2.47. The predicted octanol–water partition coefficient (Wildman–Crippen LogP) is 2.60. The highest BCUT2D eigenvalue weighted by Crippen LogP contribution is 2.36. The average molecular weight is 539 g/mol. The van der Waals surface area contributed by atoms with Crippen LogP contribution >= 0.6 is 0 Å². The molecule has 4 atom stereocenters. The molecule has 11 nitrogen and oxygen atoms in total. The van der Waals surface area contributed by atoms with E-state index in [0.29, 0.717) is 32.0 Å². The van der Waals surface area contributed by atoms with Gasteiger partial charge >= 0.3 is 0 Å². The summed E-state index contributed by atoms with van der Waals surface area (Å²) in [6, 6.07) is 14.6. The minimum atomic E-state index is -0.768. The smallest absolute Gasteiger partial charge is 0.177 e. The zero-order valence-electron chi connectivity index (χ0n) is 22.6. The minimum absolute atomic E-state index is 0.0381. The Morgan fingerprint density at radius 1 is 1.18 bits per heavy atom. The third-order valence-corrected chi connectivity index (χ3v) is 7.55. The number of methoxy groups -OCH3 is 2. The average Bonchev–Trinajstić information content (AvgIpc) is 3.52. The molecule has 1 unspecified atom stereocenters. The lowest BCUT2D eigenvalue weighted by atomic mass is 9.82. The number of aliphatic hydroxyl groups excluding tert-OH is 1. The van der Waals surface area contributed by atoms with Crippen molar-refractivity contribution in [1.29, 1.82) is 0 Å². The monoisotopic (exact) mass is 538 g/mol. The largest absolute Gasteiger partial charge is 0.497 e. The maximum atomic E-state index is 10.6. The first-order valence-electron chi connectivity index (χ1n) is 13.5. The Morgan fingerprint density at radius 2 is 2.05 bits per heavy atom. The maximum Gasteiger partial charge on any atom is 0.177 e. The van der Waals surface area contributed by atoms with Crippen LogP contribution in [-0.4, -0.2) is 84.9 Å². The second-order valence-electron chi connectivity index (χ2n) is 10.1. The summed E-state index contributed by atoms with van der Waals surface area (Å²) in [4.78, 5) is 2.36. The Bertz CT molecular complexity index is 1160. The van der Waals surface area contributed by atoms with Crippen LogP contribution in [0.3, 0.4) is 0 Å². The van der Waals surface area contributed by atoms with Crippen LogP contribution in [0.1, 0.15) is 48.2 Å². The van der Waals surface area contributed by atoms with Crippen LogP contribution in [0.5, 0.6) is 11.5 Å². The SMILES string of the molecule is COCCCN1CCOc2ccc(CO[C@H]3CN[C@@H](CC(O)c4nnn[nH]4)C[C@@H]3c3ccc(OC)cc3)cc21. The highest BCUT2D eigenvalue weighted by Gasteiger charge is 2.34. The molecule has 0 saturated carbocycles. The van der Waals surface area contributed by atoms with Gasteiger partial charge in [0.15, 0.2) is 5.82 Å². The van der Waals surface area contributed by atoms with Crippen LogP contribution in [0.25, 0.3) is 0 Å². The van der Waals surface area contributed by atoms with Crippen molar-refractivity contribution in [3.05, 3.63) is 59.4 Å². The molecule has 0 amide bonds. The number of fused-ring (bicyclic) bond motifs is 1. The quantitative estimate of drug-likeness (QED) is 0.296. The van der Waals surface area contributed by atoms with E-state index in [1.165, 1.54) is 5.56 Å². The van der Waals surface area contributed by atoms with Crippen LogP contribution in [0.2, 0.25) is 0 Å². The molecule has 5 rings (SSSR count). The maximum absolute atomic E-state index is 10.6. The van der Waals surface area contributed by atoms with Gasteiger partial charge in [0.2, 0.25) is 0 Å². The van der Waals surface area contributed by atoms with Gasteiger partial charge in [-0.3, -0.25) is 0 Å². The van der Waals surface area contributed by atoms with Crippen molar-refractivity contribution in [2.75, 3.05) is 52.0 Å². The van der Waals surface area contributed by atoms with Gasteiger partial charge in [-0.15, -0.1) is 5.10 Å². The van der Waals surface area contributed by atoms with Gasteiger partial charge in [-0.1, -0.05) is 18.2 Å². The molecule has 0 aliphatic carbocycles. The van der Waals surface area contributed by atoms with Crippen molar-refractivity contribution in [2.24, 2.45) is 0 Å². The predicted molar refractivity (Wildman–Crippen MR) is 145 cm³/mol. The van der Waals surface area contributed by atoms with E-state index in [1.807, 2.05) is 18.2 Å². The molecule has 0 bridgehead atoms. The normalized spacial score (nSPS) is 21.7. The van der Waals surface area contributed by atoms with Crippen molar-refractivity contribution < 1.29 is 24.1 Å². The molecule has 2 aliphatic heterocycles. The molecule has 210 valence electrons. The highest BCUT2D eigenvalue weighted by atomic mass is 16.5. The molecule has 0 spiro atoms. The van der Waals surface area contributed by atoms with Crippen molar-refractivity contribution in [3.8, 4) is 11.5 Å². The number of H-pyrrole nitrogens is 1. The number of rotatable bonds is 12. The number of benzene rings is 2. The molecule has 39 heavy (non-hydrogen) atoms. The number of hydrogen-bond donors (Lipinski definition) is 3. The third-order valence-electron chi connectivity index (χ3n) is 7.55. The van der Waals surface area contributed by atoms with Crippen molar-refractivity contribution in [1.82, 2.24) is 25.9 Å². The van der Waals surface area contributed by atoms with Crippen LogP contribution < -0.4 is 19.7 Å². The molecule has 11 heteroatoms.